The van der Waals surface area contributed by atoms with Crippen LogP contribution in [0.5, 0.6) is 17.2 Å². The van der Waals surface area contributed by atoms with Gasteiger partial charge in [0, 0.05) is 0 Å². The quantitative estimate of drug-likeness (QED) is 0.552. The average molecular weight is 316 g/mol. The fourth-order valence-electron chi connectivity index (χ4n) is 1.96. The Morgan fingerprint density at radius 1 is 0.870 bits per heavy atom. The Morgan fingerprint density at radius 2 is 1.48 bits per heavy atom. The summed E-state index contributed by atoms with van der Waals surface area (Å²) in [5.74, 6) is 1.71. The highest BCUT2D eigenvalue weighted by molar-refractivity contribution is 5.89. The molecule has 0 heterocycles. The van der Waals surface area contributed by atoms with Crippen molar-refractivity contribution < 1.29 is 23.7 Å². The van der Waals surface area contributed by atoms with Crippen molar-refractivity contribution in [3.05, 3.63) is 54.1 Å². The molecule has 0 spiro atoms. The summed E-state index contributed by atoms with van der Waals surface area (Å²) in [6.07, 6.45) is 0. The molecule has 0 bridgehead atoms. The van der Waals surface area contributed by atoms with Crippen LogP contribution in [-0.4, -0.2) is 32.9 Å². The highest BCUT2D eigenvalue weighted by Crippen LogP contribution is 2.26. The number of methoxy groups -OCH3 is 1. The van der Waals surface area contributed by atoms with Crippen LogP contribution in [0.3, 0.4) is 0 Å². The Balaban J connectivity index is 1.80. The predicted octanol–water partition coefficient (Wildman–Crippen LogP) is 3.33. The van der Waals surface area contributed by atoms with E-state index in [2.05, 4.69) is 4.74 Å². The first kappa shape index (κ1) is 16.7. The van der Waals surface area contributed by atoms with Crippen LogP contribution >= 0.6 is 0 Å². The third-order valence-corrected chi connectivity index (χ3v) is 3.03. The molecule has 2 aromatic rings. The van der Waals surface area contributed by atoms with Crippen molar-refractivity contribution in [3.8, 4) is 17.2 Å². The summed E-state index contributed by atoms with van der Waals surface area (Å²) in [5.41, 5.74) is 0.488. The Hall–Kier alpha value is -2.69. The lowest BCUT2D eigenvalue weighted by Crippen LogP contribution is -2.10. The molecule has 0 aromatic heterocycles. The molecule has 0 amide bonds. The molecule has 0 saturated heterocycles. The Morgan fingerprint density at radius 3 is 2.09 bits per heavy atom. The SMILES string of the molecule is CCOc1ccccc1OCCOc1ccc(C(=O)OC)cc1. The van der Waals surface area contributed by atoms with Crippen molar-refractivity contribution >= 4 is 5.97 Å². The van der Waals surface area contributed by atoms with Crippen LogP contribution < -0.4 is 14.2 Å². The van der Waals surface area contributed by atoms with E-state index in [0.29, 0.717) is 36.9 Å². The van der Waals surface area contributed by atoms with E-state index in [-0.39, 0.29) is 5.97 Å². The second-order valence-corrected chi connectivity index (χ2v) is 4.59. The van der Waals surface area contributed by atoms with Crippen LogP contribution in [0.25, 0.3) is 0 Å². The van der Waals surface area contributed by atoms with Crippen LogP contribution in [-0.2, 0) is 4.74 Å². The van der Waals surface area contributed by atoms with Gasteiger partial charge in [0.05, 0.1) is 19.3 Å². The molecule has 0 N–H and O–H groups in total. The molecule has 5 heteroatoms. The van der Waals surface area contributed by atoms with E-state index < -0.39 is 0 Å². The van der Waals surface area contributed by atoms with Gasteiger partial charge in [-0.2, -0.15) is 0 Å². The second kappa shape index (κ2) is 8.68. The molecule has 5 nitrogen and oxygen atoms in total. The van der Waals surface area contributed by atoms with E-state index in [0.717, 1.165) is 5.75 Å². The van der Waals surface area contributed by atoms with E-state index in [9.17, 15) is 4.79 Å². The first-order valence-electron chi connectivity index (χ1n) is 7.40. The smallest absolute Gasteiger partial charge is 0.337 e. The number of carbonyl (C=O) groups is 1. The molecule has 0 aliphatic carbocycles. The molecule has 0 aliphatic rings. The first-order valence-corrected chi connectivity index (χ1v) is 7.40. The molecule has 0 fully saturated rings. The van der Waals surface area contributed by atoms with Gasteiger partial charge in [0.2, 0.25) is 0 Å². The molecular weight excluding hydrogens is 296 g/mol. The number of hydrogen-bond acceptors (Lipinski definition) is 5. The van der Waals surface area contributed by atoms with E-state index >= 15 is 0 Å². The lowest BCUT2D eigenvalue weighted by Gasteiger charge is -2.12. The standard InChI is InChI=1S/C18H20O5/c1-3-21-16-6-4-5-7-17(16)23-13-12-22-15-10-8-14(9-11-15)18(19)20-2/h4-11H,3,12-13H2,1-2H3. The molecule has 23 heavy (non-hydrogen) atoms. The number of benzene rings is 2. The summed E-state index contributed by atoms with van der Waals surface area (Å²) >= 11 is 0. The summed E-state index contributed by atoms with van der Waals surface area (Å²) in [7, 11) is 1.35. The maximum atomic E-state index is 11.3. The Bertz CT molecular complexity index is 622. The Labute approximate surface area is 135 Å². The lowest BCUT2D eigenvalue weighted by molar-refractivity contribution is 0.0600. The number of rotatable bonds is 8. The van der Waals surface area contributed by atoms with Gasteiger partial charge in [-0.3, -0.25) is 0 Å². The van der Waals surface area contributed by atoms with Crippen molar-refractivity contribution in [2.24, 2.45) is 0 Å². The number of para-hydroxylation sites is 2. The topological polar surface area (TPSA) is 54.0 Å². The van der Waals surface area contributed by atoms with Crippen LogP contribution in [0.2, 0.25) is 0 Å². The fraction of sp³-hybridized carbons (Fsp3) is 0.278. The molecule has 0 radical (unpaired) electrons. The third kappa shape index (κ3) is 4.92. The molecular formula is C18H20O5. The van der Waals surface area contributed by atoms with E-state index in [1.165, 1.54) is 7.11 Å². The zero-order valence-electron chi connectivity index (χ0n) is 13.3. The molecule has 0 saturated carbocycles. The molecule has 0 atom stereocenters. The van der Waals surface area contributed by atoms with Gasteiger partial charge in [0.25, 0.3) is 0 Å². The minimum Gasteiger partial charge on any atom is -0.490 e. The Kier molecular flexibility index (Phi) is 6.29. The molecule has 2 rings (SSSR count). The monoisotopic (exact) mass is 316 g/mol. The largest absolute Gasteiger partial charge is 0.490 e. The van der Waals surface area contributed by atoms with Gasteiger partial charge in [-0.25, -0.2) is 4.79 Å². The van der Waals surface area contributed by atoms with E-state index in [1.54, 1.807) is 24.3 Å². The fourth-order valence-corrected chi connectivity index (χ4v) is 1.96. The van der Waals surface area contributed by atoms with Gasteiger partial charge >= 0.3 is 5.97 Å². The molecule has 122 valence electrons. The maximum Gasteiger partial charge on any atom is 0.337 e. The summed E-state index contributed by atoms with van der Waals surface area (Å²) in [4.78, 5) is 11.3. The molecule has 0 unspecified atom stereocenters. The minimum absolute atomic E-state index is 0.368. The van der Waals surface area contributed by atoms with Crippen molar-refractivity contribution in [1.29, 1.82) is 0 Å². The summed E-state index contributed by atoms with van der Waals surface area (Å²) in [5, 5.41) is 0. The van der Waals surface area contributed by atoms with Crippen LogP contribution in [0, 0.1) is 0 Å². The van der Waals surface area contributed by atoms with Crippen molar-refractivity contribution in [1.82, 2.24) is 0 Å². The molecule has 0 aliphatic heterocycles. The number of esters is 1. The van der Waals surface area contributed by atoms with Gasteiger partial charge in [-0.1, -0.05) is 12.1 Å². The lowest BCUT2D eigenvalue weighted by atomic mass is 10.2. The van der Waals surface area contributed by atoms with Crippen molar-refractivity contribution in [2.45, 2.75) is 6.92 Å². The van der Waals surface area contributed by atoms with Crippen LogP contribution in [0.15, 0.2) is 48.5 Å². The van der Waals surface area contributed by atoms with E-state index in [4.69, 9.17) is 14.2 Å². The number of hydrogen-bond donors (Lipinski definition) is 0. The molecule has 2 aromatic carbocycles. The normalized spacial score (nSPS) is 10.0. The van der Waals surface area contributed by atoms with Crippen LogP contribution in [0.1, 0.15) is 17.3 Å². The van der Waals surface area contributed by atoms with Crippen molar-refractivity contribution in [3.63, 3.8) is 0 Å². The van der Waals surface area contributed by atoms with Gasteiger partial charge in [-0.15, -0.1) is 0 Å². The van der Waals surface area contributed by atoms with Gasteiger partial charge in [0.15, 0.2) is 11.5 Å². The van der Waals surface area contributed by atoms with Gasteiger partial charge in [-0.05, 0) is 43.3 Å². The highest BCUT2D eigenvalue weighted by atomic mass is 16.5. The van der Waals surface area contributed by atoms with Crippen molar-refractivity contribution in [2.75, 3.05) is 26.9 Å². The van der Waals surface area contributed by atoms with Crippen LogP contribution in [0.4, 0.5) is 0 Å². The zero-order valence-corrected chi connectivity index (χ0v) is 13.3. The first-order chi connectivity index (χ1) is 11.2. The zero-order chi connectivity index (χ0) is 16.5. The third-order valence-electron chi connectivity index (χ3n) is 3.03. The summed E-state index contributed by atoms with van der Waals surface area (Å²) in [6, 6.07) is 14.3. The highest BCUT2D eigenvalue weighted by Gasteiger charge is 2.05. The average Bonchev–Trinajstić information content (AvgIpc) is 2.60. The van der Waals surface area contributed by atoms with Gasteiger partial charge in [0.1, 0.15) is 19.0 Å². The summed E-state index contributed by atoms with van der Waals surface area (Å²) < 4.78 is 21.4. The minimum atomic E-state index is -0.368. The maximum absolute atomic E-state index is 11.3. The number of carbonyl (C=O) groups excluding carboxylic acids is 1. The van der Waals surface area contributed by atoms with E-state index in [1.807, 2.05) is 31.2 Å². The summed E-state index contributed by atoms with van der Waals surface area (Å²) in [6.45, 7) is 3.29. The second-order valence-electron chi connectivity index (χ2n) is 4.59. The predicted molar refractivity (Wildman–Crippen MR) is 86.4 cm³/mol. The van der Waals surface area contributed by atoms with Gasteiger partial charge < -0.3 is 18.9 Å². The number of ether oxygens (including phenoxy) is 4.